The Bertz CT molecular complexity index is 652. The fraction of sp³-hybridized carbons (Fsp3) is 0.235. The zero-order valence-corrected chi connectivity index (χ0v) is 14.9. The molecule has 0 aliphatic heterocycles. The molecule has 0 aromatic heterocycles. The van der Waals surface area contributed by atoms with Gasteiger partial charge in [-0.2, -0.15) is 0 Å². The molecule has 2 aromatic rings. The van der Waals surface area contributed by atoms with E-state index in [0.717, 1.165) is 28.6 Å². The summed E-state index contributed by atoms with van der Waals surface area (Å²) in [5, 5.41) is 1.44. The molecule has 112 valence electrons. The molecule has 0 spiro atoms. The van der Waals surface area contributed by atoms with Crippen molar-refractivity contribution in [3.63, 3.8) is 0 Å². The predicted molar refractivity (Wildman–Crippen MR) is 91.8 cm³/mol. The maximum atomic E-state index is 12.4. The normalized spacial score (nSPS) is 10.5. The van der Waals surface area contributed by atoms with E-state index in [9.17, 15) is 4.79 Å². The van der Waals surface area contributed by atoms with Gasteiger partial charge in [-0.3, -0.25) is 4.79 Å². The molecule has 0 heterocycles. The van der Waals surface area contributed by atoms with Crippen molar-refractivity contribution < 1.29 is 29.8 Å². The van der Waals surface area contributed by atoms with E-state index in [0.29, 0.717) is 11.6 Å². The molecule has 0 N–H and O–H groups in total. The molecule has 0 amide bonds. The Balaban J connectivity index is 0.00000242. The van der Waals surface area contributed by atoms with Crippen molar-refractivity contribution >= 4 is 31.0 Å². The second kappa shape index (κ2) is 9.39. The van der Waals surface area contributed by atoms with Crippen LogP contribution in [0.15, 0.2) is 42.5 Å². The average Bonchev–Trinajstić information content (AvgIpc) is 2.48. The fourth-order valence-corrected chi connectivity index (χ4v) is 3.25. The Morgan fingerprint density at radius 2 is 2.00 bits per heavy atom. The third kappa shape index (κ3) is 5.15. The Kier molecular flexibility index (Phi) is 8.22. The number of ether oxygens (including phenoxy) is 1. The van der Waals surface area contributed by atoms with Gasteiger partial charge in [0.2, 0.25) is 0 Å². The zero-order valence-electron chi connectivity index (χ0n) is 14.2. The number of carbonyl (C=O) groups excluding carboxylic acids is 1. The molecular weight excluding hydrogens is 310 g/mol. The Hall–Kier alpha value is -0.773. The minimum absolute atomic E-state index is 0. The van der Waals surface area contributed by atoms with Gasteiger partial charge in [-0.05, 0) is 51.0 Å². The molecule has 0 bridgehead atoms. The largest absolute Gasteiger partial charge is 1.00 e. The van der Waals surface area contributed by atoms with Gasteiger partial charge >= 0.3 is 18.9 Å². The summed E-state index contributed by atoms with van der Waals surface area (Å²) in [6.07, 6.45) is 0.951. The van der Waals surface area contributed by atoms with Crippen molar-refractivity contribution in [2.75, 3.05) is 6.61 Å². The third-order valence-electron chi connectivity index (χ3n) is 3.05. The van der Waals surface area contributed by atoms with Crippen LogP contribution in [-0.4, -0.2) is 12.1 Å². The molecule has 0 radical (unpaired) electrons. The number of benzene rings is 2. The van der Waals surface area contributed by atoms with Crippen LogP contribution in [0.4, 0.5) is 0 Å². The van der Waals surface area contributed by atoms with Crippen LogP contribution in [0.25, 0.3) is 0 Å². The molecule has 0 fully saturated rings. The summed E-state index contributed by atoms with van der Waals surface area (Å²) in [4.78, 5) is 12.4. The molecule has 0 saturated carbocycles. The predicted octanol–water partition coefficient (Wildman–Crippen LogP) is 1.70. The van der Waals surface area contributed by atoms with Gasteiger partial charge in [0.05, 0.1) is 11.6 Å². The minimum atomic E-state index is 0. The van der Waals surface area contributed by atoms with Gasteiger partial charge in [0.1, 0.15) is 5.75 Å². The van der Waals surface area contributed by atoms with E-state index in [-0.39, 0.29) is 34.4 Å². The zero-order chi connectivity index (χ0) is 15.2. The van der Waals surface area contributed by atoms with Crippen LogP contribution in [0.5, 0.6) is 5.75 Å². The fourth-order valence-electron chi connectivity index (χ4n) is 1.92. The average molecular weight is 329 g/mol. The van der Waals surface area contributed by atoms with Gasteiger partial charge in [0.25, 0.3) is 0 Å². The second-order valence-corrected chi connectivity index (χ2v) is 6.41. The van der Waals surface area contributed by atoms with E-state index >= 15 is 0 Å². The van der Waals surface area contributed by atoms with Crippen molar-refractivity contribution in [2.45, 2.75) is 20.3 Å². The summed E-state index contributed by atoms with van der Waals surface area (Å²) < 4.78 is 5.53. The van der Waals surface area contributed by atoms with Crippen molar-refractivity contribution in [3.05, 3.63) is 58.6 Å². The molecule has 0 aliphatic rings. The topological polar surface area (TPSA) is 26.3 Å². The second-order valence-electron chi connectivity index (χ2n) is 4.76. The van der Waals surface area contributed by atoms with Crippen molar-refractivity contribution in [3.8, 4) is 5.75 Å². The summed E-state index contributed by atoms with van der Waals surface area (Å²) in [5.74, 6) is 0.749. The number of aryl methyl sites for hydroxylation is 1. The number of hydrogen-bond donors (Lipinski definition) is 0. The van der Waals surface area contributed by atoms with Gasteiger partial charge in [-0.15, -0.1) is 0 Å². The van der Waals surface area contributed by atoms with Crippen LogP contribution < -0.4 is 28.9 Å². The molecule has 22 heavy (non-hydrogen) atoms. The summed E-state index contributed by atoms with van der Waals surface area (Å²) in [6.45, 7) is 4.67. The minimum Gasteiger partial charge on any atom is -1.00 e. The van der Waals surface area contributed by atoms with Crippen molar-refractivity contribution in [1.82, 2.24) is 0 Å². The van der Waals surface area contributed by atoms with Crippen LogP contribution in [0.3, 0.4) is 0 Å². The number of hydrogen-bond acceptors (Lipinski definition) is 2. The summed E-state index contributed by atoms with van der Waals surface area (Å²) >= 11 is 6.25. The summed E-state index contributed by atoms with van der Waals surface area (Å²) in [7, 11) is 0.0232. The SMILES string of the molecule is CCCOc1ccc(PC(=O)c2ccccc2C)c(Cl)c1.[H-].[Li+]. The first-order chi connectivity index (χ1) is 10.1. The third-order valence-corrected chi connectivity index (χ3v) is 4.72. The molecule has 2 rings (SSSR count). The van der Waals surface area contributed by atoms with E-state index in [1.165, 1.54) is 0 Å². The van der Waals surface area contributed by atoms with E-state index < -0.39 is 0 Å². The Morgan fingerprint density at radius 3 is 2.64 bits per heavy atom. The number of carbonyl (C=O) groups is 1. The molecular formula is C17H19ClLiO2P. The molecule has 2 aromatic carbocycles. The van der Waals surface area contributed by atoms with E-state index in [1.54, 1.807) is 6.07 Å². The molecule has 0 saturated heterocycles. The van der Waals surface area contributed by atoms with Gasteiger partial charge in [-0.25, -0.2) is 0 Å². The maximum Gasteiger partial charge on any atom is 1.00 e. The molecule has 5 heteroatoms. The van der Waals surface area contributed by atoms with Crippen molar-refractivity contribution in [1.29, 1.82) is 0 Å². The van der Waals surface area contributed by atoms with Crippen LogP contribution in [0.1, 0.15) is 30.7 Å². The molecule has 0 aliphatic carbocycles. The number of halogens is 1. The van der Waals surface area contributed by atoms with E-state index in [2.05, 4.69) is 6.92 Å². The monoisotopic (exact) mass is 328 g/mol. The molecule has 2 nitrogen and oxygen atoms in total. The Labute approximate surface area is 152 Å². The maximum absolute atomic E-state index is 12.4. The summed E-state index contributed by atoms with van der Waals surface area (Å²) in [5.41, 5.74) is 1.87. The van der Waals surface area contributed by atoms with Crippen LogP contribution in [0, 0.1) is 6.92 Å². The Morgan fingerprint density at radius 1 is 1.27 bits per heavy atom. The standard InChI is InChI=1S/C17H18ClO2P.Li.H/c1-3-10-20-13-8-9-16(15(18)11-13)21-17(19)14-7-5-4-6-12(14)2;;/h4-9,11,21H,3,10H2,1-2H3;;/q;+1;-1. The number of rotatable bonds is 6. The first kappa shape index (κ1) is 19.3. The van der Waals surface area contributed by atoms with Crippen LogP contribution >= 0.6 is 20.2 Å². The first-order valence-electron chi connectivity index (χ1n) is 6.91. The van der Waals surface area contributed by atoms with Gasteiger partial charge < -0.3 is 6.16 Å². The quantitative estimate of drug-likeness (QED) is 0.596. The smallest absolute Gasteiger partial charge is 1.00 e. The van der Waals surface area contributed by atoms with Gasteiger partial charge in [-0.1, -0.05) is 42.8 Å². The molecule has 1 atom stereocenters. The molecule has 1 unspecified atom stereocenters. The van der Waals surface area contributed by atoms with Crippen LogP contribution in [0.2, 0.25) is 5.02 Å². The van der Waals surface area contributed by atoms with Crippen LogP contribution in [-0.2, 0) is 0 Å². The van der Waals surface area contributed by atoms with Crippen molar-refractivity contribution in [2.24, 2.45) is 0 Å². The first-order valence-corrected chi connectivity index (χ1v) is 8.29. The summed E-state index contributed by atoms with van der Waals surface area (Å²) in [6, 6.07) is 13.1. The van der Waals surface area contributed by atoms with Gasteiger partial charge in [0, 0.05) is 5.56 Å². The van der Waals surface area contributed by atoms with E-state index in [4.69, 9.17) is 16.3 Å². The van der Waals surface area contributed by atoms with E-state index in [1.807, 2.05) is 43.3 Å². The van der Waals surface area contributed by atoms with Gasteiger partial charge in [0.15, 0.2) is 5.52 Å².